The zero-order chi connectivity index (χ0) is 17.9. The molecule has 1 aromatic heterocycles. The van der Waals surface area contributed by atoms with Crippen molar-refractivity contribution in [1.29, 1.82) is 0 Å². The first-order valence-corrected chi connectivity index (χ1v) is 8.43. The van der Waals surface area contributed by atoms with Crippen LogP contribution in [-0.2, 0) is 17.8 Å². The van der Waals surface area contributed by atoms with E-state index in [0.29, 0.717) is 17.4 Å². The molecule has 0 saturated carbocycles. The van der Waals surface area contributed by atoms with E-state index in [1.807, 2.05) is 18.5 Å². The van der Waals surface area contributed by atoms with E-state index in [1.54, 1.807) is 0 Å². The van der Waals surface area contributed by atoms with Gasteiger partial charge in [0.25, 0.3) is 0 Å². The second-order valence-corrected chi connectivity index (χ2v) is 6.83. The molecule has 24 heavy (non-hydrogen) atoms. The quantitative estimate of drug-likeness (QED) is 0.831. The van der Waals surface area contributed by atoms with Gasteiger partial charge in [0.1, 0.15) is 5.82 Å². The number of nitrogens with one attached hydrogen (secondary N) is 1. The van der Waals surface area contributed by atoms with Crippen LogP contribution in [0.4, 0.5) is 10.1 Å². The number of halogens is 2. The minimum Gasteiger partial charge on any atom is -0.324 e. The van der Waals surface area contributed by atoms with E-state index in [4.69, 9.17) is 11.6 Å². The van der Waals surface area contributed by atoms with Crippen molar-refractivity contribution < 1.29 is 9.18 Å². The standard InChI is InChI=1S/C18H23ClFN3O/c1-11(2)10-23-13(4)15(12(3)22-23)6-8-18(24)21-17-9-14(19)5-7-16(17)20/h5,7,9,11H,6,8,10H2,1-4H3,(H,21,24). The molecular weight excluding hydrogens is 329 g/mol. The summed E-state index contributed by atoms with van der Waals surface area (Å²) in [7, 11) is 0. The van der Waals surface area contributed by atoms with E-state index in [0.717, 1.165) is 23.5 Å². The van der Waals surface area contributed by atoms with Gasteiger partial charge in [0, 0.05) is 23.7 Å². The second-order valence-electron chi connectivity index (χ2n) is 6.40. The fourth-order valence-corrected chi connectivity index (χ4v) is 2.84. The van der Waals surface area contributed by atoms with E-state index >= 15 is 0 Å². The SMILES string of the molecule is Cc1nn(CC(C)C)c(C)c1CCC(=O)Nc1cc(Cl)ccc1F. The number of hydrogen-bond donors (Lipinski definition) is 1. The van der Waals surface area contributed by atoms with Crippen LogP contribution in [0.25, 0.3) is 0 Å². The molecule has 1 aromatic carbocycles. The van der Waals surface area contributed by atoms with Gasteiger partial charge in [0.2, 0.25) is 5.91 Å². The molecule has 0 aliphatic carbocycles. The maximum absolute atomic E-state index is 13.7. The van der Waals surface area contributed by atoms with Crippen LogP contribution in [0.2, 0.25) is 5.02 Å². The minimum absolute atomic E-state index is 0.108. The van der Waals surface area contributed by atoms with Crippen molar-refractivity contribution in [2.45, 2.75) is 47.1 Å². The lowest BCUT2D eigenvalue weighted by atomic mass is 10.1. The highest BCUT2D eigenvalue weighted by atomic mass is 35.5. The largest absolute Gasteiger partial charge is 0.324 e. The van der Waals surface area contributed by atoms with Crippen LogP contribution in [0.3, 0.4) is 0 Å². The van der Waals surface area contributed by atoms with Gasteiger partial charge in [-0.25, -0.2) is 4.39 Å². The highest BCUT2D eigenvalue weighted by Gasteiger charge is 2.14. The normalized spacial score (nSPS) is 11.1. The topological polar surface area (TPSA) is 46.9 Å². The molecule has 130 valence electrons. The average molecular weight is 352 g/mol. The fraction of sp³-hybridized carbons (Fsp3) is 0.444. The van der Waals surface area contributed by atoms with Crippen LogP contribution >= 0.6 is 11.6 Å². The number of aryl methyl sites for hydroxylation is 1. The molecular formula is C18H23ClFN3O. The van der Waals surface area contributed by atoms with E-state index in [9.17, 15) is 9.18 Å². The number of amides is 1. The first-order valence-electron chi connectivity index (χ1n) is 8.05. The number of hydrogen-bond acceptors (Lipinski definition) is 2. The number of carbonyl (C=O) groups excluding carboxylic acids is 1. The molecule has 0 atom stereocenters. The number of anilines is 1. The molecule has 0 saturated heterocycles. The number of carbonyl (C=O) groups is 1. The molecule has 1 amide bonds. The summed E-state index contributed by atoms with van der Waals surface area (Å²) in [5.41, 5.74) is 3.21. The molecule has 1 N–H and O–H groups in total. The first-order chi connectivity index (χ1) is 11.3. The summed E-state index contributed by atoms with van der Waals surface area (Å²) in [5, 5.41) is 7.50. The average Bonchev–Trinajstić information content (AvgIpc) is 2.74. The molecule has 6 heteroatoms. The number of benzene rings is 1. The van der Waals surface area contributed by atoms with Gasteiger partial charge in [0.05, 0.1) is 11.4 Å². The number of aromatic nitrogens is 2. The van der Waals surface area contributed by atoms with Crippen molar-refractivity contribution in [1.82, 2.24) is 9.78 Å². The van der Waals surface area contributed by atoms with Crippen LogP contribution in [0.5, 0.6) is 0 Å². The highest BCUT2D eigenvalue weighted by molar-refractivity contribution is 6.30. The molecule has 0 aliphatic heterocycles. The zero-order valence-corrected chi connectivity index (χ0v) is 15.2. The van der Waals surface area contributed by atoms with Crippen LogP contribution < -0.4 is 5.32 Å². The highest BCUT2D eigenvalue weighted by Crippen LogP contribution is 2.21. The summed E-state index contributed by atoms with van der Waals surface area (Å²) in [4.78, 5) is 12.1. The Morgan fingerprint density at radius 2 is 2.08 bits per heavy atom. The summed E-state index contributed by atoms with van der Waals surface area (Å²) >= 11 is 5.83. The van der Waals surface area contributed by atoms with Gasteiger partial charge < -0.3 is 5.32 Å². The summed E-state index contributed by atoms with van der Waals surface area (Å²) in [6, 6.07) is 4.09. The van der Waals surface area contributed by atoms with Gasteiger partial charge in [-0.15, -0.1) is 0 Å². The van der Waals surface area contributed by atoms with Gasteiger partial charge in [-0.2, -0.15) is 5.10 Å². The van der Waals surface area contributed by atoms with Crippen molar-refractivity contribution in [2.24, 2.45) is 5.92 Å². The third-order valence-electron chi connectivity index (χ3n) is 3.87. The van der Waals surface area contributed by atoms with Crippen LogP contribution in [0, 0.1) is 25.6 Å². The molecule has 0 fully saturated rings. The van der Waals surface area contributed by atoms with Crippen LogP contribution in [-0.4, -0.2) is 15.7 Å². The van der Waals surface area contributed by atoms with Crippen molar-refractivity contribution in [3.8, 4) is 0 Å². The molecule has 0 radical (unpaired) electrons. The lowest BCUT2D eigenvalue weighted by molar-refractivity contribution is -0.116. The summed E-state index contributed by atoms with van der Waals surface area (Å²) in [5.74, 6) is -0.235. The van der Waals surface area contributed by atoms with Gasteiger partial charge >= 0.3 is 0 Å². The Balaban J connectivity index is 2.01. The lowest BCUT2D eigenvalue weighted by Crippen LogP contribution is -2.14. The Morgan fingerprint density at radius 3 is 2.75 bits per heavy atom. The van der Waals surface area contributed by atoms with Crippen LogP contribution in [0.15, 0.2) is 18.2 Å². The second kappa shape index (κ2) is 7.79. The predicted octanol–water partition coefficient (Wildman–Crippen LogP) is 4.52. The van der Waals surface area contributed by atoms with Crippen molar-refractivity contribution in [2.75, 3.05) is 5.32 Å². The molecule has 4 nitrogen and oxygen atoms in total. The van der Waals surface area contributed by atoms with Crippen molar-refractivity contribution in [3.05, 3.63) is 46.0 Å². The number of rotatable bonds is 6. The van der Waals surface area contributed by atoms with Gasteiger partial charge in [-0.3, -0.25) is 9.48 Å². The Hall–Kier alpha value is -1.88. The first kappa shape index (κ1) is 18.5. The van der Waals surface area contributed by atoms with Crippen molar-refractivity contribution >= 4 is 23.2 Å². The molecule has 0 unspecified atom stereocenters. The maximum Gasteiger partial charge on any atom is 0.224 e. The summed E-state index contributed by atoms with van der Waals surface area (Å²) in [6.45, 7) is 9.11. The molecule has 0 spiro atoms. The summed E-state index contributed by atoms with van der Waals surface area (Å²) < 4.78 is 15.6. The molecule has 2 aromatic rings. The monoisotopic (exact) mass is 351 g/mol. The Kier molecular flexibility index (Phi) is 5.99. The van der Waals surface area contributed by atoms with E-state index < -0.39 is 5.82 Å². The van der Waals surface area contributed by atoms with E-state index in [1.165, 1.54) is 18.2 Å². The third kappa shape index (κ3) is 4.57. The van der Waals surface area contributed by atoms with Crippen molar-refractivity contribution in [3.63, 3.8) is 0 Å². The van der Waals surface area contributed by atoms with Crippen LogP contribution in [0.1, 0.15) is 37.2 Å². The van der Waals surface area contributed by atoms with E-state index in [-0.39, 0.29) is 18.0 Å². The lowest BCUT2D eigenvalue weighted by Gasteiger charge is -2.09. The molecule has 0 aliphatic rings. The van der Waals surface area contributed by atoms with E-state index in [2.05, 4.69) is 24.3 Å². The fourth-order valence-electron chi connectivity index (χ4n) is 2.66. The van der Waals surface area contributed by atoms with Gasteiger partial charge in [0.15, 0.2) is 0 Å². The molecule has 1 heterocycles. The molecule has 0 bridgehead atoms. The smallest absolute Gasteiger partial charge is 0.224 e. The Labute approximate surface area is 147 Å². The minimum atomic E-state index is -0.495. The predicted molar refractivity (Wildman–Crippen MR) is 94.9 cm³/mol. The number of nitrogens with zero attached hydrogens (tertiary/aromatic N) is 2. The summed E-state index contributed by atoms with van der Waals surface area (Å²) in [6.07, 6.45) is 0.838. The Bertz CT molecular complexity index is 740. The van der Waals surface area contributed by atoms with Gasteiger partial charge in [-0.05, 0) is 49.9 Å². The maximum atomic E-state index is 13.7. The molecule has 2 rings (SSSR count). The third-order valence-corrected chi connectivity index (χ3v) is 4.11. The Morgan fingerprint density at radius 1 is 1.38 bits per heavy atom. The van der Waals surface area contributed by atoms with Gasteiger partial charge in [-0.1, -0.05) is 25.4 Å². The zero-order valence-electron chi connectivity index (χ0n) is 14.5.